The summed E-state index contributed by atoms with van der Waals surface area (Å²) in [5, 5.41) is 10.9. The lowest BCUT2D eigenvalue weighted by Gasteiger charge is -2.28. The van der Waals surface area contributed by atoms with E-state index in [1.54, 1.807) is 6.08 Å². The van der Waals surface area contributed by atoms with Gasteiger partial charge in [0.25, 0.3) is 5.91 Å². The second-order valence-electron chi connectivity index (χ2n) is 10.0. The predicted molar refractivity (Wildman–Crippen MR) is 133 cm³/mol. The van der Waals surface area contributed by atoms with E-state index in [1.165, 1.54) is 12.1 Å². The zero-order valence-corrected chi connectivity index (χ0v) is 20.9. The van der Waals surface area contributed by atoms with Crippen LogP contribution in [0.1, 0.15) is 63.8 Å². The molecule has 1 aliphatic rings. The normalized spacial score (nSPS) is 16.8. The number of rotatable bonds is 2. The molecule has 33 heavy (non-hydrogen) atoms. The van der Waals surface area contributed by atoms with Crippen molar-refractivity contribution in [3.05, 3.63) is 63.6 Å². The number of phenols is 1. The molecule has 2 aromatic carbocycles. The third-order valence-electron chi connectivity index (χ3n) is 5.27. The lowest BCUT2D eigenvalue weighted by molar-refractivity contribution is -0.137. The zero-order chi connectivity index (χ0) is 24.9. The fourth-order valence-electron chi connectivity index (χ4n) is 3.55. The van der Waals surface area contributed by atoms with Crippen LogP contribution < -0.4 is 4.90 Å². The van der Waals surface area contributed by atoms with Crippen LogP contribution in [0.3, 0.4) is 0 Å². The smallest absolute Gasteiger partial charge is 0.416 e. The molecule has 176 valence electrons. The first-order chi connectivity index (χ1) is 15.0. The Morgan fingerprint density at radius 2 is 1.52 bits per heavy atom. The molecule has 1 N–H and O–H groups in total. The molecular formula is C25H26F3NO2S2. The van der Waals surface area contributed by atoms with Gasteiger partial charge >= 0.3 is 6.18 Å². The highest BCUT2D eigenvalue weighted by atomic mass is 32.2. The van der Waals surface area contributed by atoms with Gasteiger partial charge in [0.2, 0.25) is 0 Å². The fraction of sp³-hybridized carbons (Fsp3) is 0.360. The van der Waals surface area contributed by atoms with Crippen molar-refractivity contribution in [3.8, 4) is 5.75 Å². The van der Waals surface area contributed by atoms with E-state index in [4.69, 9.17) is 12.2 Å². The molecule has 0 atom stereocenters. The minimum atomic E-state index is -4.52. The largest absolute Gasteiger partial charge is 0.507 e. The number of hydrogen-bond donors (Lipinski definition) is 1. The number of carbonyl (C=O) groups is 1. The van der Waals surface area contributed by atoms with E-state index in [0.717, 1.165) is 39.9 Å². The number of carbonyl (C=O) groups excluding carboxylic acids is 1. The van der Waals surface area contributed by atoms with E-state index in [1.807, 2.05) is 53.7 Å². The molecule has 1 saturated heterocycles. The second-order valence-corrected chi connectivity index (χ2v) is 11.7. The van der Waals surface area contributed by atoms with Gasteiger partial charge in [0.05, 0.1) is 16.2 Å². The van der Waals surface area contributed by atoms with Gasteiger partial charge < -0.3 is 5.11 Å². The third kappa shape index (κ3) is 5.27. The maximum Gasteiger partial charge on any atom is 0.416 e. The number of thiocarbonyl (C=S) groups is 1. The number of aromatic hydroxyl groups is 1. The summed E-state index contributed by atoms with van der Waals surface area (Å²) in [5.74, 6) is -0.254. The minimum absolute atomic E-state index is 0.0761. The molecule has 8 heteroatoms. The Bertz CT molecular complexity index is 1120. The molecule has 1 heterocycles. The molecule has 1 fully saturated rings. The lowest BCUT2D eigenvalue weighted by Crippen LogP contribution is -2.27. The minimum Gasteiger partial charge on any atom is -0.507 e. The topological polar surface area (TPSA) is 40.5 Å². The van der Waals surface area contributed by atoms with Gasteiger partial charge in [-0.3, -0.25) is 9.69 Å². The first-order valence-electron chi connectivity index (χ1n) is 10.3. The van der Waals surface area contributed by atoms with Crippen molar-refractivity contribution in [2.45, 2.75) is 58.5 Å². The Morgan fingerprint density at radius 1 is 0.970 bits per heavy atom. The fourth-order valence-corrected chi connectivity index (χ4v) is 4.85. The monoisotopic (exact) mass is 493 g/mol. The predicted octanol–water partition coefficient (Wildman–Crippen LogP) is 7.41. The van der Waals surface area contributed by atoms with Crippen LogP contribution in [-0.4, -0.2) is 15.3 Å². The first kappa shape index (κ1) is 25.3. The Hall–Kier alpha value is -2.32. The van der Waals surface area contributed by atoms with Crippen LogP contribution in [0, 0.1) is 0 Å². The Kier molecular flexibility index (Phi) is 6.50. The van der Waals surface area contributed by atoms with Crippen LogP contribution >= 0.6 is 24.0 Å². The quantitative estimate of drug-likeness (QED) is 0.349. The van der Waals surface area contributed by atoms with Crippen LogP contribution in [0.4, 0.5) is 18.9 Å². The summed E-state index contributed by atoms with van der Waals surface area (Å²) in [6, 6.07) is 8.23. The molecule has 3 nitrogen and oxygen atoms in total. The third-order valence-corrected chi connectivity index (χ3v) is 6.57. The summed E-state index contributed by atoms with van der Waals surface area (Å²) in [5.41, 5.74) is 0.750. The van der Waals surface area contributed by atoms with Crippen molar-refractivity contribution in [1.29, 1.82) is 0 Å². The summed E-state index contributed by atoms with van der Waals surface area (Å²) in [6.07, 6.45) is -2.85. The van der Waals surface area contributed by atoms with Crippen molar-refractivity contribution in [2.75, 3.05) is 4.90 Å². The van der Waals surface area contributed by atoms with E-state index >= 15 is 0 Å². The van der Waals surface area contributed by atoms with Crippen LogP contribution in [-0.2, 0) is 21.8 Å². The molecule has 0 bridgehead atoms. The average Bonchev–Trinajstić information content (AvgIpc) is 2.93. The number of thioether (sulfide) groups is 1. The van der Waals surface area contributed by atoms with E-state index in [-0.39, 0.29) is 26.6 Å². The van der Waals surface area contributed by atoms with Gasteiger partial charge in [-0.1, -0.05) is 71.6 Å². The van der Waals surface area contributed by atoms with Crippen LogP contribution in [0.15, 0.2) is 41.3 Å². The number of nitrogens with zero attached hydrogens (tertiary/aromatic N) is 1. The number of anilines is 1. The summed E-state index contributed by atoms with van der Waals surface area (Å²) in [6.45, 7) is 11.9. The van der Waals surface area contributed by atoms with Gasteiger partial charge in [0.15, 0.2) is 4.32 Å². The molecule has 1 aliphatic heterocycles. The molecule has 2 aromatic rings. The van der Waals surface area contributed by atoms with Crippen molar-refractivity contribution >= 4 is 46.0 Å². The van der Waals surface area contributed by atoms with Crippen LogP contribution in [0.2, 0.25) is 0 Å². The number of phenolic OH excluding ortho intramolecular Hbond substituents is 1. The summed E-state index contributed by atoms with van der Waals surface area (Å²) in [4.78, 5) is 14.6. The lowest BCUT2D eigenvalue weighted by atomic mass is 9.78. The Labute approximate surface area is 201 Å². The molecule has 1 amide bonds. The first-order valence-corrected chi connectivity index (χ1v) is 11.6. The average molecular weight is 494 g/mol. The number of amides is 1. The van der Waals surface area contributed by atoms with Gasteiger partial charge in [-0.25, -0.2) is 0 Å². The summed E-state index contributed by atoms with van der Waals surface area (Å²) >= 11 is 6.37. The van der Waals surface area contributed by atoms with Crippen molar-refractivity contribution in [1.82, 2.24) is 0 Å². The van der Waals surface area contributed by atoms with Gasteiger partial charge in [-0.15, -0.1) is 0 Å². The van der Waals surface area contributed by atoms with E-state index in [9.17, 15) is 23.1 Å². The van der Waals surface area contributed by atoms with Crippen LogP contribution in [0.25, 0.3) is 6.08 Å². The molecule has 0 aliphatic carbocycles. The number of halogens is 3. The maximum atomic E-state index is 13.1. The second kappa shape index (κ2) is 8.47. The molecular weight excluding hydrogens is 467 g/mol. The number of benzene rings is 2. The molecule has 0 aromatic heterocycles. The summed E-state index contributed by atoms with van der Waals surface area (Å²) < 4.78 is 39.6. The van der Waals surface area contributed by atoms with E-state index < -0.39 is 17.6 Å². The van der Waals surface area contributed by atoms with Crippen molar-refractivity contribution < 1.29 is 23.1 Å². The number of hydrogen-bond acceptors (Lipinski definition) is 4. The Balaban J connectivity index is 2.07. The highest BCUT2D eigenvalue weighted by Crippen LogP contribution is 2.42. The van der Waals surface area contributed by atoms with Gasteiger partial charge in [0.1, 0.15) is 5.75 Å². The summed E-state index contributed by atoms with van der Waals surface area (Å²) in [7, 11) is 0. The van der Waals surface area contributed by atoms with Gasteiger partial charge in [0, 0.05) is 11.1 Å². The SMILES string of the molecule is CC(C)(C)c1cc(/C=C2/SC(=S)N(c3cccc(C(F)(F)F)c3)C2=O)cc(C(C)(C)C)c1O. The molecule has 0 radical (unpaired) electrons. The van der Waals surface area contributed by atoms with Gasteiger partial charge in [-0.2, -0.15) is 13.2 Å². The standard InChI is InChI=1S/C25H26F3NO2S2/c1-23(2,3)17-10-14(11-18(20(17)30)24(4,5)6)12-19-21(31)29(22(32)33-19)16-9-7-8-15(13-16)25(26,27)28/h7-13,30H,1-6H3/b19-12+. The van der Waals surface area contributed by atoms with E-state index in [2.05, 4.69) is 0 Å². The molecule has 0 unspecified atom stereocenters. The van der Waals surface area contributed by atoms with Crippen molar-refractivity contribution in [3.63, 3.8) is 0 Å². The molecule has 3 rings (SSSR count). The number of alkyl halides is 3. The molecule has 0 spiro atoms. The highest BCUT2D eigenvalue weighted by Gasteiger charge is 2.36. The Morgan fingerprint density at radius 3 is 2.00 bits per heavy atom. The highest BCUT2D eigenvalue weighted by molar-refractivity contribution is 8.27. The van der Waals surface area contributed by atoms with Gasteiger partial charge in [-0.05, 0) is 52.8 Å². The zero-order valence-electron chi connectivity index (χ0n) is 19.3. The van der Waals surface area contributed by atoms with E-state index in [0.29, 0.717) is 10.5 Å². The maximum absolute atomic E-state index is 13.1. The van der Waals surface area contributed by atoms with Crippen molar-refractivity contribution in [2.24, 2.45) is 0 Å². The van der Waals surface area contributed by atoms with Crippen LogP contribution in [0.5, 0.6) is 5.75 Å². The molecule has 0 saturated carbocycles.